The molecule has 2 aromatic carbocycles. The Morgan fingerprint density at radius 2 is 1.65 bits per heavy atom. The van der Waals surface area contributed by atoms with Gasteiger partial charge in [-0.3, -0.25) is 0 Å². The molecule has 5 N–H and O–H groups in total. The Labute approximate surface area is 142 Å². The molecule has 2 aromatic rings. The van der Waals surface area contributed by atoms with E-state index in [-0.39, 0.29) is 58.8 Å². The molecule has 122 valence electrons. The minimum Gasteiger partial charge on any atom is -0.504 e. The first-order valence-corrected chi connectivity index (χ1v) is 6.85. The Morgan fingerprint density at radius 3 is 2.39 bits per heavy atom. The van der Waals surface area contributed by atoms with Gasteiger partial charge in [-0.2, -0.15) is 0 Å². The largest absolute Gasteiger partial charge is 0.504 e. The maximum atomic E-state index is 10.9. The number of hydrogen-bond donors (Lipinski definition) is 5. The van der Waals surface area contributed by atoms with Gasteiger partial charge in [-0.05, 0) is 29.3 Å². The Balaban J connectivity index is 0.00000156. The third-order valence-electron chi connectivity index (χ3n) is 4.50. The third kappa shape index (κ3) is 2.05. The summed E-state index contributed by atoms with van der Waals surface area (Å²) in [5.41, 5.74) is 0.700. The number of phenols is 4. The van der Waals surface area contributed by atoms with Crippen molar-refractivity contribution in [3.05, 3.63) is 41.0 Å². The zero-order valence-corrected chi connectivity index (χ0v) is 12.9. The number of aliphatic hydroxyl groups is 1. The average molecular weight is 358 g/mol. The van der Waals surface area contributed by atoms with Crippen LogP contribution in [-0.2, 0) is 23.5 Å². The molecule has 1 aliphatic heterocycles. The van der Waals surface area contributed by atoms with E-state index in [4.69, 9.17) is 4.74 Å². The fourth-order valence-corrected chi connectivity index (χ4v) is 3.52. The third-order valence-corrected chi connectivity index (χ3v) is 4.50. The summed E-state index contributed by atoms with van der Waals surface area (Å²) in [6.45, 7) is -0.0577. The average Bonchev–Trinajstić information content (AvgIpc) is 2.75. The van der Waals surface area contributed by atoms with E-state index in [2.05, 4.69) is 0 Å². The van der Waals surface area contributed by atoms with Crippen LogP contribution >= 0.6 is 0 Å². The van der Waals surface area contributed by atoms with E-state index in [9.17, 15) is 25.5 Å². The molecule has 0 radical (unpaired) electrons. The van der Waals surface area contributed by atoms with Crippen molar-refractivity contribution in [3.63, 3.8) is 0 Å². The zero-order chi connectivity index (χ0) is 15.6. The van der Waals surface area contributed by atoms with Gasteiger partial charge < -0.3 is 30.3 Å². The standard InChI is InChI=1S/C16H14O6.Fe/c17-10-2-1-8-13-9-4-12(19)11(18)3-7(9)5-16(13,21)6-22-15(8)14(10)20;/h1-4,13,17-21H,5-6H2;/t13-,16+;/m1./s1. The second-order valence-electron chi connectivity index (χ2n) is 5.89. The molecule has 0 spiro atoms. The number of benzene rings is 2. The van der Waals surface area contributed by atoms with Gasteiger partial charge in [0, 0.05) is 35.0 Å². The molecular formula is C16H14FeO6. The summed E-state index contributed by atoms with van der Waals surface area (Å²) in [5, 5.41) is 49.8. The molecule has 0 aromatic heterocycles. The van der Waals surface area contributed by atoms with Crippen LogP contribution in [0.1, 0.15) is 22.6 Å². The van der Waals surface area contributed by atoms with Gasteiger partial charge in [0.1, 0.15) is 12.2 Å². The van der Waals surface area contributed by atoms with Crippen LogP contribution < -0.4 is 4.74 Å². The normalized spacial score (nSPS) is 24.0. The smallest absolute Gasteiger partial charge is 0.200 e. The van der Waals surface area contributed by atoms with E-state index < -0.39 is 11.5 Å². The molecule has 0 amide bonds. The molecule has 1 aliphatic carbocycles. The molecule has 1 heterocycles. The number of hydrogen-bond acceptors (Lipinski definition) is 6. The van der Waals surface area contributed by atoms with E-state index in [0.29, 0.717) is 16.7 Å². The quantitative estimate of drug-likeness (QED) is 0.359. The van der Waals surface area contributed by atoms with Crippen LogP contribution in [0, 0.1) is 0 Å². The van der Waals surface area contributed by atoms with Gasteiger partial charge in [0.05, 0.1) is 0 Å². The number of rotatable bonds is 0. The van der Waals surface area contributed by atoms with Crippen LogP contribution in [0.4, 0.5) is 0 Å². The predicted molar refractivity (Wildman–Crippen MR) is 75.5 cm³/mol. The van der Waals surface area contributed by atoms with Crippen molar-refractivity contribution in [1.82, 2.24) is 0 Å². The molecule has 2 atom stereocenters. The number of fused-ring (bicyclic) bond motifs is 5. The van der Waals surface area contributed by atoms with Crippen molar-refractivity contribution in [2.45, 2.75) is 17.9 Å². The van der Waals surface area contributed by atoms with Gasteiger partial charge in [0.25, 0.3) is 0 Å². The molecule has 0 saturated heterocycles. The van der Waals surface area contributed by atoms with Gasteiger partial charge >= 0.3 is 0 Å². The van der Waals surface area contributed by atoms with Crippen LogP contribution in [0.25, 0.3) is 0 Å². The Kier molecular flexibility index (Phi) is 3.41. The fraction of sp³-hybridized carbons (Fsp3) is 0.250. The fourth-order valence-electron chi connectivity index (χ4n) is 3.52. The van der Waals surface area contributed by atoms with Gasteiger partial charge in [0.2, 0.25) is 5.75 Å². The first kappa shape index (κ1) is 15.8. The Hall–Kier alpha value is -2.08. The summed E-state index contributed by atoms with van der Waals surface area (Å²) in [6, 6.07) is 5.77. The van der Waals surface area contributed by atoms with Crippen molar-refractivity contribution in [1.29, 1.82) is 0 Å². The predicted octanol–water partition coefficient (Wildman–Crippen LogP) is 1.32. The molecule has 0 fully saturated rings. The molecule has 0 saturated carbocycles. The molecule has 0 bridgehead atoms. The van der Waals surface area contributed by atoms with Crippen LogP contribution in [0.15, 0.2) is 24.3 Å². The van der Waals surface area contributed by atoms with Crippen molar-refractivity contribution in [2.24, 2.45) is 0 Å². The maximum absolute atomic E-state index is 10.9. The Morgan fingerprint density at radius 1 is 0.957 bits per heavy atom. The summed E-state index contributed by atoms with van der Waals surface area (Å²) < 4.78 is 5.46. The topological polar surface area (TPSA) is 110 Å². The summed E-state index contributed by atoms with van der Waals surface area (Å²) in [6.07, 6.45) is 0.266. The van der Waals surface area contributed by atoms with E-state index in [1.807, 2.05) is 0 Å². The molecule has 0 unspecified atom stereocenters. The Bertz CT molecular complexity index is 806. The molecule has 23 heavy (non-hydrogen) atoms. The van der Waals surface area contributed by atoms with Crippen LogP contribution in [0.3, 0.4) is 0 Å². The van der Waals surface area contributed by atoms with Crippen molar-refractivity contribution in [2.75, 3.05) is 6.61 Å². The first-order chi connectivity index (χ1) is 10.4. The van der Waals surface area contributed by atoms with E-state index >= 15 is 0 Å². The minimum absolute atomic E-state index is 0. The number of ether oxygens (including phenoxy) is 1. The summed E-state index contributed by atoms with van der Waals surface area (Å²) >= 11 is 0. The first-order valence-electron chi connectivity index (χ1n) is 6.85. The van der Waals surface area contributed by atoms with Crippen molar-refractivity contribution >= 4 is 0 Å². The van der Waals surface area contributed by atoms with Crippen molar-refractivity contribution in [3.8, 4) is 28.7 Å². The van der Waals surface area contributed by atoms with Crippen LogP contribution in [0.5, 0.6) is 28.7 Å². The van der Waals surface area contributed by atoms with Gasteiger partial charge in [-0.1, -0.05) is 6.07 Å². The van der Waals surface area contributed by atoms with E-state index in [1.165, 1.54) is 18.2 Å². The summed E-state index contributed by atoms with van der Waals surface area (Å²) in [5.74, 6) is -1.54. The molecule has 6 nitrogen and oxygen atoms in total. The maximum Gasteiger partial charge on any atom is 0.200 e. The second-order valence-corrected chi connectivity index (χ2v) is 5.89. The molecule has 7 heteroatoms. The molecule has 2 aliphatic rings. The monoisotopic (exact) mass is 358 g/mol. The molecular weight excluding hydrogens is 344 g/mol. The van der Waals surface area contributed by atoms with E-state index in [1.54, 1.807) is 6.07 Å². The molecule has 4 rings (SSSR count). The van der Waals surface area contributed by atoms with E-state index in [0.717, 1.165) is 0 Å². The van der Waals surface area contributed by atoms with Crippen LogP contribution in [0.2, 0.25) is 0 Å². The van der Waals surface area contributed by atoms with Crippen molar-refractivity contribution < 1.29 is 47.3 Å². The zero-order valence-electron chi connectivity index (χ0n) is 11.8. The van der Waals surface area contributed by atoms with Gasteiger partial charge in [0.15, 0.2) is 23.0 Å². The SMILES string of the molecule is Oc1cc2c(cc1O)[C@H]1c3ccc(O)c(O)c3OC[C@@]1(O)C2.[Fe]. The summed E-state index contributed by atoms with van der Waals surface area (Å²) in [4.78, 5) is 0. The number of phenolic OH excluding ortho intramolecular Hbond substituents is 4. The summed E-state index contributed by atoms with van der Waals surface area (Å²) in [7, 11) is 0. The van der Waals surface area contributed by atoms with Gasteiger partial charge in [-0.25, -0.2) is 0 Å². The second kappa shape index (κ2) is 4.96. The number of aromatic hydroxyl groups is 4. The van der Waals surface area contributed by atoms with Gasteiger partial charge in [-0.15, -0.1) is 0 Å². The van der Waals surface area contributed by atoms with Crippen LogP contribution in [-0.4, -0.2) is 37.7 Å². The minimum atomic E-state index is -1.22.